The number of carbonyl (C=O) groups excluding carboxylic acids is 1. The van der Waals surface area contributed by atoms with Crippen LogP contribution < -0.4 is 5.32 Å². The average molecular weight is 226 g/mol. The van der Waals surface area contributed by atoms with Crippen molar-refractivity contribution in [3.8, 4) is 11.3 Å². The van der Waals surface area contributed by atoms with Gasteiger partial charge >= 0.3 is 0 Å². The molecule has 1 aromatic heterocycles. The summed E-state index contributed by atoms with van der Waals surface area (Å²) >= 11 is 0. The first kappa shape index (κ1) is 10.1. The van der Waals surface area contributed by atoms with E-state index in [0.29, 0.717) is 0 Å². The van der Waals surface area contributed by atoms with Gasteiger partial charge in [-0.05, 0) is 36.2 Å². The van der Waals surface area contributed by atoms with Crippen LogP contribution in [0.5, 0.6) is 0 Å². The van der Waals surface area contributed by atoms with Crippen LogP contribution in [0.25, 0.3) is 11.3 Å². The number of hydrogen-bond donors (Lipinski definition) is 1. The van der Waals surface area contributed by atoms with Crippen LogP contribution in [0.2, 0.25) is 0 Å². The highest BCUT2D eigenvalue weighted by Crippen LogP contribution is 2.30. The zero-order valence-electron chi connectivity index (χ0n) is 9.73. The summed E-state index contributed by atoms with van der Waals surface area (Å²) in [5.41, 5.74) is 4.49. The summed E-state index contributed by atoms with van der Waals surface area (Å²) in [6.45, 7) is 0.993. The van der Waals surface area contributed by atoms with Gasteiger partial charge in [0.05, 0.1) is 0 Å². The third-order valence-electron chi connectivity index (χ3n) is 3.32. The number of carbonyl (C=O) groups is 1. The monoisotopic (exact) mass is 226 g/mol. The van der Waals surface area contributed by atoms with E-state index in [0.717, 1.165) is 18.5 Å². The van der Waals surface area contributed by atoms with E-state index in [-0.39, 0.29) is 5.91 Å². The first-order valence-corrected chi connectivity index (χ1v) is 5.80. The van der Waals surface area contributed by atoms with Gasteiger partial charge in [-0.3, -0.25) is 4.79 Å². The minimum absolute atomic E-state index is 0.0197. The Kier molecular flexibility index (Phi) is 2.25. The van der Waals surface area contributed by atoms with Crippen LogP contribution in [0.3, 0.4) is 0 Å². The van der Waals surface area contributed by atoms with Crippen molar-refractivity contribution in [2.75, 3.05) is 7.05 Å². The normalized spacial score (nSPS) is 12.8. The van der Waals surface area contributed by atoms with Gasteiger partial charge in [-0.15, -0.1) is 0 Å². The number of aryl methyl sites for hydroxylation is 2. The zero-order valence-corrected chi connectivity index (χ0v) is 9.73. The number of aromatic nitrogens is 1. The van der Waals surface area contributed by atoms with Crippen molar-refractivity contribution in [2.24, 2.45) is 0 Å². The minimum Gasteiger partial charge on any atom is -0.355 e. The maximum atomic E-state index is 11.6. The first-order valence-electron chi connectivity index (χ1n) is 5.80. The molecule has 0 fully saturated rings. The van der Waals surface area contributed by atoms with Gasteiger partial charge in [-0.1, -0.05) is 6.07 Å². The van der Waals surface area contributed by atoms with Gasteiger partial charge in [0.25, 0.3) is 5.91 Å². The van der Waals surface area contributed by atoms with Gasteiger partial charge in [0.1, 0.15) is 0 Å². The van der Waals surface area contributed by atoms with Gasteiger partial charge < -0.3 is 9.88 Å². The second-order valence-electron chi connectivity index (χ2n) is 4.29. The Balaban J connectivity index is 2.10. The maximum Gasteiger partial charge on any atom is 0.251 e. The second-order valence-corrected chi connectivity index (χ2v) is 4.29. The molecule has 0 saturated heterocycles. The Morgan fingerprint density at radius 1 is 1.35 bits per heavy atom. The average Bonchev–Trinajstić information content (AvgIpc) is 2.85. The molecule has 1 aromatic carbocycles. The highest BCUT2D eigenvalue weighted by Gasteiger charge is 2.16. The van der Waals surface area contributed by atoms with Crippen molar-refractivity contribution in [3.05, 3.63) is 47.7 Å². The topological polar surface area (TPSA) is 34.0 Å². The molecule has 1 aliphatic rings. The Labute approximate surface area is 100 Å². The van der Waals surface area contributed by atoms with Gasteiger partial charge in [0.2, 0.25) is 0 Å². The minimum atomic E-state index is -0.0197. The quantitative estimate of drug-likeness (QED) is 0.793. The fourth-order valence-electron chi connectivity index (χ4n) is 2.43. The highest BCUT2D eigenvalue weighted by molar-refractivity contribution is 5.94. The van der Waals surface area contributed by atoms with Gasteiger partial charge in [0.15, 0.2) is 0 Å². The molecule has 0 unspecified atom stereocenters. The molecule has 3 nitrogen and oxygen atoms in total. The van der Waals surface area contributed by atoms with E-state index in [4.69, 9.17) is 0 Å². The van der Waals surface area contributed by atoms with E-state index in [1.165, 1.54) is 16.8 Å². The summed E-state index contributed by atoms with van der Waals surface area (Å²) in [6.07, 6.45) is 3.09. The Morgan fingerprint density at radius 2 is 2.24 bits per heavy atom. The van der Waals surface area contributed by atoms with Crippen molar-refractivity contribution >= 4 is 5.91 Å². The number of nitrogens with one attached hydrogen (secondary N) is 1. The molecule has 2 aromatic rings. The summed E-state index contributed by atoms with van der Waals surface area (Å²) in [4.78, 5) is 11.6. The molecular weight excluding hydrogens is 212 g/mol. The van der Waals surface area contributed by atoms with Crippen molar-refractivity contribution in [2.45, 2.75) is 13.0 Å². The fourth-order valence-corrected chi connectivity index (χ4v) is 2.43. The number of fused-ring (bicyclic) bond motifs is 3. The Hall–Kier alpha value is -2.03. The predicted molar refractivity (Wildman–Crippen MR) is 67.0 cm³/mol. The number of hydrogen-bond acceptors (Lipinski definition) is 1. The number of amides is 1. The van der Waals surface area contributed by atoms with Crippen LogP contribution in [0.1, 0.15) is 15.9 Å². The molecule has 0 atom stereocenters. The SMILES string of the molecule is CNC(=O)c1ccc2c(c1)CCn1cccc1-2. The fraction of sp³-hybridized carbons (Fsp3) is 0.214. The molecule has 17 heavy (non-hydrogen) atoms. The molecule has 0 spiro atoms. The van der Waals surface area contributed by atoms with E-state index < -0.39 is 0 Å². The summed E-state index contributed by atoms with van der Waals surface area (Å²) < 4.78 is 2.25. The molecule has 0 bridgehead atoms. The molecule has 3 heteroatoms. The molecular formula is C14H14N2O. The molecule has 86 valence electrons. The van der Waals surface area contributed by atoms with Crippen LogP contribution in [-0.4, -0.2) is 17.5 Å². The first-order chi connectivity index (χ1) is 8.29. The summed E-state index contributed by atoms with van der Waals surface area (Å²) in [5, 5.41) is 2.66. The third kappa shape index (κ3) is 1.55. The zero-order chi connectivity index (χ0) is 11.8. The van der Waals surface area contributed by atoms with E-state index in [1.807, 2.05) is 18.2 Å². The molecule has 2 heterocycles. The van der Waals surface area contributed by atoms with E-state index in [2.05, 4.69) is 28.2 Å². The number of rotatable bonds is 1. The van der Waals surface area contributed by atoms with Gasteiger partial charge in [0, 0.05) is 36.6 Å². The standard InChI is InChI=1S/C14H14N2O/c1-15-14(17)11-4-5-12-10(9-11)6-8-16-7-2-3-13(12)16/h2-5,7,9H,6,8H2,1H3,(H,15,17). The summed E-state index contributed by atoms with van der Waals surface area (Å²) in [5.74, 6) is -0.0197. The number of benzene rings is 1. The van der Waals surface area contributed by atoms with Crippen LogP contribution in [0, 0.1) is 0 Å². The van der Waals surface area contributed by atoms with Crippen LogP contribution in [-0.2, 0) is 13.0 Å². The molecule has 1 N–H and O–H groups in total. The maximum absolute atomic E-state index is 11.6. The predicted octanol–water partition coefficient (Wildman–Crippen LogP) is 2.07. The molecule has 1 aliphatic heterocycles. The third-order valence-corrected chi connectivity index (χ3v) is 3.32. The van der Waals surface area contributed by atoms with E-state index in [9.17, 15) is 4.79 Å². The summed E-state index contributed by atoms with van der Waals surface area (Å²) in [7, 11) is 1.66. The van der Waals surface area contributed by atoms with E-state index >= 15 is 0 Å². The van der Waals surface area contributed by atoms with Crippen LogP contribution in [0.4, 0.5) is 0 Å². The molecule has 0 saturated carbocycles. The summed E-state index contributed by atoms with van der Waals surface area (Å²) in [6, 6.07) is 10.1. The van der Waals surface area contributed by atoms with E-state index in [1.54, 1.807) is 7.05 Å². The second kappa shape index (κ2) is 3.77. The lowest BCUT2D eigenvalue weighted by Crippen LogP contribution is -2.18. The largest absolute Gasteiger partial charge is 0.355 e. The molecule has 0 aliphatic carbocycles. The molecule has 0 radical (unpaired) electrons. The smallest absolute Gasteiger partial charge is 0.251 e. The lowest BCUT2D eigenvalue weighted by atomic mass is 9.96. The number of nitrogens with zero attached hydrogens (tertiary/aromatic N) is 1. The van der Waals surface area contributed by atoms with Crippen LogP contribution in [0.15, 0.2) is 36.5 Å². The van der Waals surface area contributed by atoms with Crippen molar-refractivity contribution in [1.82, 2.24) is 9.88 Å². The van der Waals surface area contributed by atoms with Crippen LogP contribution >= 0.6 is 0 Å². The van der Waals surface area contributed by atoms with Gasteiger partial charge in [-0.2, -0.15) is 0 Å². The lowest BCUT2D eigenvalue weighted by molar-refractivity contribution is 0.0963. The van der Waals surface area contributed by atoms with Gasteiger partial charge in [-0.25, -0.2) is 0 Å². The molecule has 1 amide bonds. The van der Waals surface area contributed by atoms with Crippen molar-refractivity contribution in [1.29, 1.82) is 0 Å². The molecule has 3 rings (SSSR count). The van der Waals surface area contributed by atoms with Crippen molar-refractivity contribution in [3.63, 3.8) is 0 Å². The highest BCUT2D eigenvalue weighted by atomic mass is 16.1. The van der Waals surface area contributed by atoms with Crippen molar-refractivity contribution < 1.29 is 4.79 Å². The Morgan fingerprint density at radius 3 is 3.06 bits per heavy atom. The Bertz CT molecular complexity index is 584. The lowest BCUT2D eigenvalue weighted by Gasteiger charge is -2.19.